The third kappa shape index (κ3) is 4.33. The molecular weight excluding hydrogens is 299 g/mol. The van der Waals surface area contributed by atoms with E-state index in [-0.39, 0.29) is 11.3 Å². The highest BCUT2D eigenvalue weighted by atomic mass is 35.5. The lowest BCUT2D eigenvalue weighted by molar-refractivity contribution is 0.0299. The van der Waals surface area contributed by atoms with Crippen LogP contribution in [-0.4, -0.2) is 53.4 Å². The molecule has 110 valence electrons. The lowest BCUT2D eigenvalue weighted by atomic mass is 10.1. The number of amides is 1. The van der Waals surface area contributed by atoms with Crippen LogP contribution < -0.4 is 0 Å². The Bertz CT molecular complexity index is 433. The Morgan fingerprint density at radius 3 is 2.75 bits per heavy atom. The molecule has 2 heterocycles. The summed E-state index contributed by atoms with van der Waals surface area (Å²) in [5, 5.41) is -0.0219. The van der Waals surface area contributed by atoms with E-state index < -0.39 is 0 Å². The first-order chi connectivity index (χ1) is 9.70. The summed E-state index contributed by atoms with van der Waals surface area (Å²) in [7, 11) is 0. The van der Waals surface area contributed by atoms with Crippen LogP contribution in [0.2, 0.25) is 0 Å². The lowest BCUT2D eigenvalue weighted by Gasteiger charge is -2.26. The van der Waals surface area contributed by atoms with Crippen LogP contribution in [0.1, 0.15) is 22.5 Å². The van der Waals surface area contributed by atoms with Crippen LogP contribution in [0.3, 0.4) is 0 Å². The topological polar surface area (TPSA) is 42.4 Å². The molecule has 2 rings (SSSR count). The molecule has 1 aliphatic rings. The highest BCUT2D eigenvalue weighted by Gasteiger charge is 2.19. The second-order valence-corrected chi connectivity index (χ2v) is 5.67. The molecule has 4 nitrogen and oxygen atoms in total. The van der Waals surface area contributed by atoms with Gasteiger partial charge in [0.25, 0.3) is 5.91 Å². The lowest BCUT2D eigenvalue weighted by Crippen LogP contribution is -2.41. The number of halogens is 2. The summed E-state index contributed by atoms with van der Waals surface area (Å²) in [6, 6.07) is 3.70. The number of aryl methyl sites for hydroxylation is 1. The van der Waals surface area contributed by atoms with Crippen LogP contribution in [0.5, 0.6) is 0 Å². The molecule has 1 saturated heterocycles. The summed E-state index contributed by atoms with van der Waals surface area (Å²) >= 11 is 11.6. The number of morpholine rings is 1. The van der Waals surface area contributed by atoms with Crippen molar-refractivity contribution in [3.05, 3.63) is 29.6 Å². The van der Waals surface area contributed by atoms with Crippen molar-refractivity contribution in [3.8, 4) is 0 Å². The monoisotopic (exact) mass is 316 g/mol. The molecule has 0 aliphatic carbocycles. The molecule has 1 amide bonds. The molecule has 1 aromatic rings. The number of hydrogen-bond acceptors (Lipinski definition) is 3. The molecule has 1 atom stereocenters. The van der Waals surface area contributed by atoms with Crippen molar-refractivity contribution in [2.24, 2.45) is 0 Å². The summed E-state index contributed by atoms with van der Waals surface area (Å²) in [5.74, 6) is 0.415. The normalized spacial score (nSPS) is 17.0. The van der Waals surface area contributed by atoms with Gasteiger partial charge in [0, 0.05) is 30.5 Å². The summed E-state index contributed by atoms with van der Waals surface area (Å²) in [6.07, 6.45) is 3.37. The van der Waals surface area contributed by atoms with E-state index in [4.69, 9.17) is 27.9 Å². The van der Waals surface area contributed by atoms with E-state index in [0.717, 1.165) is 18.4 Å². The maximum absolute atomic E-state index is 12.2. The number of rotatable bonds is 5. The molecule has 0 aromatic carbocycles. The van der Waals surface area contributed by atoms with Gasteiger partial charge in [-0.25, -0.2) is 0 Å². The smallest absolute Gasteiger partial charge is 0.272 e. The van der Waals surface area contributed by atoms with E-state index in [0.29, 0.717) is 37.9 Å². The number of ether oxygens (including phenoxy) is 1. The fraction of sp³-hybridized carbons (Fsp3) is 0.571. The van der Waals surface area contributed by atoms with Crippen molar-refractivity contribution in [1.29, 1.82) is 0 Å². The standard InChI is InChI=1S/C14H18Cl2N2O2/c15-9-12(16)3-1-11-2-4-13(17-10-11)14(19)18-5-7-20-8-6-18/h2,4,10,12H,1,3,5-9H2. The van der Waals surface area contributed by atoms with E-state index in [1.807, 2.05) is 6.07 Å². The van der Waals surface area contributed by atoms with Crippen molar-refractivity contribution in [2.75, 3.05) is 32.2 Å². The summed E-state index contributed by atoms with van der Waals surface area (Å²) < 4.78 is 5.23. The predicted octanol–water partition coefficient (Wildman–Crippen LogP) is 2.33. The molecule has 1 aliphatic heterocycles. The van der Waals surface area contributed by atoms with Crippen LogP contribution in [0.4, 0.5) is 0 Å². The van der Waals surface area contributed by atoms with Crippen LogP contribution in [0.15, 0.2) is 18.3 Å². The fourth-order valence-electron chi connectivity index (χ4n) is 2.03. The van der Waals surface area contributed by atoms with Crippen molar-refractivity contribution in [1.82, 2.24) is 9.88 Å². The van der Waals surface area contributed by atoms with Gasteiger partial charge in [0.05, 0.1) is 13.2 Å². The Balaban J connectivity index is 1.91. The zero-order valence-corrected chi connectivity index (χ0v) is 12.7. The van der Waals surface area contributed by atoms with Gasteiger partial charge in [0.1, 0.15) is 5.69 Å². The van der Waals surface area contributed by atoms with Crippen LogP contribution in [-0.2, 0) is 11.2 Å². The number of pyridine rings is 1. The second-order valence-electron chi connectivity index (χ2n) is 4.75. The van der Waals surface area contributed by atoms with Crippen LogP contribution in [0, 0.1) is 0 Å². The maximum Gasteiger partial charge on any atom is 0.272 e. The Morgan fingerprint density at radius 1 is 1.40 bits per heavy atom. The van der Waals surface area contributed by atoms with Gasteiger partial charge in [0.15, 0.2) is 0 Å². The first kappa shape index (κ1) is 15.5. The Morgan fingerprint density at radius 2 is 2.15 bits per heavy atom. The first-order valence-electron chi connectivity index (χ1n) is 6.72. The molecule has 0 N–H and O–H groups in total. The first-order valence-corrected chi connectivity index (χ1v) is 7.70. The van der Waals surface area contributed by atoms with Gasteiger partial charge >= 0.3 is 0 Å². The predicted molar refractivity (Wildman–Crippen MR) is 79.6 cm³/mol. The molecular formula is C14H18Cl2N2O2. The van der Waals surface area contributed by atoms with Gasteiger partial charge in [0.2, 0.25) is 0 Å². The Kier molecular flexibility index (Phi) is 6.07. The highest BCUT2D eigenvalue weighted by Crippen LogP contribution is 2.11. The summed E-state index contributed by atoms with van der Waals surface area (Å²) in [5.41, 5.74) is 1.55. The van der Waals surface area contributed by atoms with E-state index >= 15 is 0 Å². The average molecular weight is 317 g/mol. The third-order valence-electron chi connectivity index (χ3n) is 3.26. The number of nitrogens with zero attached hydrogens (tertiary/aromatic N) is 2. The number of alkyl halides is 2. The molecule has 6 heteroatoms. The molecule has 0 saturated carbocycles. The van der Waals surface area contributed by atoms with Gasteiger partial charge in [-0.1, -0.05) is 6.07 Å². The molecule has 1 aromatic heterocycles. The molecule has 0 spiro atoms. The summed E-state index contributed by atoms with van der Waals surface area (Å²) in [4.78, 5) is 18.2. The van der Waals surface area contributed by atoms with Gasteiger partial charge < -0.3 is 9.64 Å². The number of hydrogen-bond donors (Lipinski definition) is 0. The minimum Gasteiger partial charge on any atom is -0.378 e. The highest BCUT2D eigenvalue weighted by molar-refractivity contribution is 6.28. The van der Waals surface area contributed by atoms with Gasteiger partial charge in [-0.05, 0) is 24.5 Å². The minimum absolute atomic E-state index is 0.0219. The van der Waals surface area contributed by atoms with Gasteiger partial charge in [-0.3, -0.25) is 9.78 Å². The number of carbonyl (C=O) groups is 1. The summed E-state index contributed by atoms with van der Waals surface area (Å²) in [6.45, 7) is 2.45. The van der Waals surface area contributed by atoms with Crippen molar-refractivity contribution in [2.45, 2.75) is 18.2 Å². The van der Waals surface area contributed by atoms with E-state index in [9.17, 15) is 4.79 Å². The zero-order valence-electron chi connectivity index (χ0n) is 11.2. The molecule has 1 unspecified atom stereocenters. The number of aromatic nitrogens is 1. The van der Waals surface area contributed by atoms with Crippen LogP contribution in [0.25, 0.3) is 0 Å². The number of carbonyl (C=O) groups excluding carboxylic acids is 1. The fourth-order valence-corrected chi connectivity index (χ4v) is 2.29. The van der Waals surface area contributed by atoms with Crippen molar-refractivity contribution < 1.29 is 9.53 Å². The molecule has 0 bridgehead atoms. The van der Waals surface area contributed by atoms with Crippen molar-refractivity contribution in [3.63, 3.8) is 0 Å². The minimum atomic E-state index is -0.0316. The molecule has 20 heavy (non-hydrogen) atoms. The third-order valence-corrected chi connectivity index (χ3v) is 4.16. The van der Waals surface area contributed by atoms with E-state index in [1.54, 1.807) is 17.2 Å². The molecule has 1 fully saturated rings. The maximum atomic E-state index is 12.2. The largest absolute Gasteiger partial charge is 0.378 e. The van der Waals surface area contributed by atoms with Gasteiger partial charge in [-0.15, -0.1) is 23.2 Å². The second kappa shape index (κ2) is 7.81. The van der Waals surface area contributed by atoms with Gasteiger partial charge in [-0.2, -0.15) is 0 Å². The Labute approximate surface area is 129 Å². The van der Waals surface area contributed by atoms with Crippen LogP contribution >= 0.6 is 23.2 Å². The SMILES string of the molecule is O=C(c1ccc(CCC(Cl)CCl)cn1)N1CCOCC1. The van der Waals surface area contributed by atoms with Crippen molar-refractivity contribution >= 4 is 29.1 Å². The quantitative estimate of drug-likeness (QED) is 0.783. The van der Waals surface area contributed by atoms with E-state index in [2.05, 4.69) is 4.98 Å². The zero-order chi connectivity index (χ0) is 14.4. The average Bonchev–Trinajstić information content (AvgIpc) is 2.53. The Hall–Kier alpha value is -0.840. The molecule has 0 radical (unpaired) electrons. The van der Waals surface area contributed by atoms with E-state index in [1.165, 1.54) is 0 Å².